The Kier molecular flexibility index (Phi) is 4.56. The molecule has 0 aromatic heterocycles. The Morgan fingerprint density at radius 3 is 2.63 bits per heavy atom. The van der Waals surface area contributed by atoms with Gasteiger partial charge in [-0.1, -0.05) is 18.5 Å². The summed E-state index contributed by atoms with van der Waals surface area (Å²) >= 11 is 6.20. The summed E-state index contributed by atoms with van der Waals surface area (Å²) in [5.41, 5.74) is 1.19. The number of hydrogen-bond donors (Lipinski definition) is 3. The number of ether oxygens (including phenoxy) is 1. The van der Waals surface area contributed by atoms with E-state index in [0.717, 1.165) is 24.0 Å². The van der Waals surface area contributed by atoms with Gasteiger partial charge in [-0.3, -0.25) is 14.9 Å². The Morgan fingerprint density at radius 1 is 1.41 bits per heavy atom. The van der Waals surface area contributed by atoms with E-state index < -0.39 is 11.9 Å². The molecule has 3 aliphatic rings. The van der Waals surface area contributed by atoms with E-state index in [2.05, 4.69) is 10.6 Å². The van der Waals surface area contributed by atoms with E-state index in [1.54, 1.807) is 12.0 Å². The number of benzene rings is 1. The van der Waals surface area contributed by atoms with Crippen molar-refractivity contribution in [2.45, 2.75) is 51.2 Å². The lowest BCUT2D eigenvalue weighted by Crippen LogP contribution is -2.52. The molecule has 2 aliphatic heterocycles. The lowest BCUT2D eigenvalue weighted by Gasteiger charge is -2.31. The average molecular weight is 394 g/mol. The maximum Gasteiger partial charge on any atom is 0.243 e. The van der Waals surface area contributed by atoms with E-state index in [0.29, 0.717) is 30.3 Å². The number of fused-ring (bicyclic) bond motifs is 1. The Balaban J connectivity index is 1.48. The molecule has 2 amide bonds. The topological polar surface area (TPSA) is 90.9 Å². The molecule has 0 radical (unpaired) electrons. The highest BCUT2D eigenvalue weighted by atomic mass is 35.5. The van der Waals surface area contributed by atoms with Crippen LogP contribution in [0.1, 0.15) is 37.3 Å². The molecular formula is C19H24ClN3O4. The fourth-order valence-electron chi connectivity index (χ4n) is 4.39. The number of amides is 2. The van der Waals surface area contributed by atoms with Crippen LogP contribution in [0.15, 0.2) is 12.1 Å². The van der Waals surface area contributed by atoms with Crippen LogP contribution in [0.4, 0.5) is 0 Å². The summed E-state index contributed by atoms with van der Waals surface area (Å²) in [4.78, 5) is 27.3. The zero-order chi connectivity index (χ0) is 19.3. The number of nitrogens with zero attached hydrogens (tertiary/aromatic N) is 1. The fraction of sp³-hybridized carbons (Fsp3) is 0.579. The zero-order valence-corrected chi connectivity index (χ0v) is 16.2. The third-order valence-electron chi connectivity index (χ3n) is 5.90. The zero-order valence-electron chi connectivity index (χ0n) is 15.4. The number of rotatable bonds is 5. The Hall–Kier alpha value is -1.83. The lowest BCUT2D eigenvalue weighted by molar-refractivity contribution is -0.137. The highest BCUT2D eigenvalue weighted by Crippen LogP contribution is 2.45. The highest BCUT2D eigenvalue weighted by Gasteiger charge is 2.56. The standard InChI is InChI=1S/C19H24ClN3O4/c1-10(7-19(13-3-4-13)17(25)21-18(26)22-19)16(24)23-8-11-5-14(20)15(27-2)6-12(11)9-23/h5-6,10,13,18,22,26H,3-4,7-9H2,1-2H3,(H,21,25)/t10?,18?,19-/m0/s1. The molecule has 0 bridgehead atoms. The summed E-state index contributed by atoms with van der Waals surface area (Å²) in [6.45, 7) is 2.86. The molecule has 8 heteroatoms. The van der Waals surface area contributed by atoms with Crippen molar-refractivity contribution < 1.29 is 19.4 Å². The van der Waals surface area contributed by atoms with Crippen LogP contribution in [0.2, 0.25) is 5.02 Å². The molecule has 3 N–H and O–H groups in total. The first-order valence-electron chi connectivity index (χ1n) is 9.25. The molecule has 3 atom stereocenters. The Bertz CT molecular complexity index is 797. The Labute approximate surface area is 163 Å². The van der Waals surface area contributed by atoms with Crippen molar-refractivity contribution in [3.63, 3.8) is 0 Å². The number of carbonyl (C=O) groups excluding carboxylic acids is 2. The van der Waals surface area contributed by atoms with Crippen molar-refractivity contribution >= 4 is 23.4 Å². The van der Waals surface area contributed by atoms with Gasteiger partial charge in [0.05, 0.1) is 12.1 Å². The first-order chi connectivity index (χ1) is 12.8. The molecule has 2 unspecified atom stereocenters. The first-order valence-corrected chi connectivity index (χ1v) is 9.62. The average Bonchev–Trinajstić information content (AvgIpc) is 3.34. The maximum absolute atomic E-state index is 13.1. The molecule has 2 heterocycles. The highest BCUT2D eigenvalue weighted by molar-refractivity contribution is 6.32. The van der Waals surface area contributed by atoms with Crippen LogP contribution in [-0.4, -0.2) is 40.8 Å². The van der Waals surface area contributed by atoms with Crippen molar-refractivity contribution in [1.82, 2.24) is 15.5 Å². The molecule has 7 nitrogen and oxygen atoms in total. The SMILES string of the molecule is COc1cc2c(cc1Cl)CN(C(=O)C(C)C[C@@]1(C3CC3)NC(O)NC1=O)C2. The number of carbonyl (C=O) groups is 2. The number of methoxy groups -OCH3 is 1. The van der Waals surface area contributed by atoms with Gasteiger partial charge in [-0.05, 0) is 48.4 Å². The van der Waals surface area contributed by atoms with Gasteiger partial charge in [0.1, 0.15) is 11.3 Å². The summed E-state index contributed by atoms with van der Waals surface area (Å²) in [5, 5.41) is 15.9. The minimum atomic E-state index is -1.05. The van der Waals surface area contributed by atoms with Gasteiger partial charge in [0.15, 0.2) is 6.35 Å². The maximum atomic E-state index is 13.1. The van der Waals surface area contributed by atoms with Crippen LogP contribution in [0, 0.1) is 11.8 Å². The van der Waals surface area contributed by atoms with Gasteiger partial charge in [0, 0.05) is 19.0 Å². The van der Waals surface area contributed by atoms with Crippen molar-refractivity contribution in [1.29, 1.82) is 0 Å². The fourth-order valence-corrected chi connectivity index (χ4v) is 4.65. The number of hydrogen-bond acceptors (Lipinski definition) is 5. The van der Waals surface area contributed by atoms with Crippen LogP contribution < -0.4 is 15.4 Å². The van der Waals surface area contributed by atoms with Gasteiger partial charge in [-0.2, -0.15) is 0 Å². The smallest absolute Gasteiger partial charge is 0.243 e. The van der Waals surface area contributed by atoms with Gasteiger partial charge >= 0.3 is 0 Å². The number of nitrogens with one attached hydrogen (secondary N) is 2. The van der Waals surface area contributed by atoms with Crippen LogP contribution in [0.3, 0.4) is 0 Å². The molecule has 4 rings (SSSR count). The summed E-state index contributed by atoms with van der Waals surface area (Å²) in [6.07, 6.45) is 1.19. The third kappa shape index (κ3) is 3.17. The van der Waals surface area contributed by atoms with Gasteiger partial charge in [0.2, 0.25) is 11.8 Å². The van der Waals surface area contributed by atoms with Crippen LogP contribution in [-0.2, 0) is 22.7 Å². The quantitative estimate of drug-likeness (QED) is 0.702. The summed E-state index contributed by atoms with van der Waals surface area (Å²) in [7, 11) is 1.57. The molecule has 27 heavy (non-hydrogen) atoms. The molecule has 146 valence electrons. The molecule has 1 saturated carbocycles. The van der Waals surface area contributed by atoms with Crippen LogP contribution >= 0.6 is 11.6 Å². The number of aliphatic hydroxyl groups is 1. The molecule has 1 aliphatic carbocycles. The van der Waals surface area contributed by atoms with Gasteiger partial charge in [-0.15, -0.1) is 0 Å². The van der Waals surface area contributed by atoms with E-state index in [1.165, 1.54) is 0 Å². The molecule has 1 saturated heterocycles. The van der Waals surface area contributed by atoms with E-state index in [-0.39, 0.29) is 23.7 Å². The second kappa shape index (κ2) is 6.65. The monoisotopic (exact) mass is 393 g/mol. The van der Waals surface area contributed by atoms with Crippen LogP contribution in [0.25, 0.3) is 0 Å². The van der Waals surface area contributed by atoms with Crippen molar-refractivity contribution in [2.24, 2.45) is 11.8 Å². The van der Waals surface area contributed by atoms with Crippen molar-refractivity contribution in [2.75, 3.05) is 7.11 Å². The Morgan fingerprint density at radius 2 is 2.07 bits per heavy atom. The summed E-state index contributed by atoms with van der Waals surface area (Å²) in [6, 6.07) is 3.73. The minimum Gasteiger partial charge on any atom is -0.495 e. The molecule has 1 aromatic carbocycles. The number of aliphatic hydroxyl groups excluding tert-OH is 1. The van der Waals surface area contributed by atoms with Gasteiger partial charge < -0.3 is 20.1 Å². The van der Waals surface area contributed by atoms with E-state index in [1.807, 2.05) is 19.1 Å². The molecular weight excluding hydrogens is 370 g/mol. The minimum absolute atomic E-state index is 0.00250. The van der Waals surface area contributed by atoms with Crippen LogP contribution in [0.5, 0.6) is 5.75 Å². The van der Waals surface area contributed by atoms with Gasteiger partial charge in [0.25, 0.3) is 0 Å². The third-order valence-corrected chi connectivity index (χ3v) is 6.19. The van der Waals surface area contributed by atoms with Crippen molar-refractivity contribution in [3.05, 3.63) is 28.3 Å². The van der Waals surface area contributed by atoms with Gasteiger partial charge in [-0.25, -0.2) is 0 Å². The second-order valence-electron chi connectivity index (χ2n) is 7.82. The first kappa shape index (κ1) is 18.5. The predicted octanol–water partition coefficient (Wildman–Crippen LogP) is 1.36. The largest absolute Gasteiger partial charge is 0.495 e. The van der Waals surface area contributed by atoms with Crippen molar-refractivity contribution in [3.8, 4) is 5.75 Å². The lowest BCUT2D eigenvalue weighted by atomic mass is 9.83. The predicted molar refractivity (Wildman–Crippen MR) is 98.8 cm³/mol. The molecule has 1 aromatic rings. The second-order valence-corrected chi connectivity index (χ2v) is 8.23. The van der Waals surface area contributed by atoms with E-state index >= 15 is 0 Å². The molecule has 2 fully saturated rings. The van der Waals surface area contributed by atoms with E-state index in [9.17, 15) is 14.7 Å². The number of halogens is 1. The summed E-state index contributed by atoms with van der Waals surface area (Å²) in [5.74, 6) is 0.214. The normalized spacial score (nSPS) is 28.1. The summed E-state index contributed by atoms with van der Waals surface area (Å²) < 4.78 is 5.26. The molecule has 0 spiro atoms. The van der Waals surface area contributed by atoms with E-state index in [4.69, 9.17) is 16.3 Å².